The molecule has 0 aromatic heterocycles. The smallest absolute Gasteiger partial charge is 0.283 e. The van der Waals surface area contributed by atoms with E-state index in [4.69, 9.17) is 46.4 Å². The SMILES string of the molecule is O=S(=O)(O)C(c1cccc(O)c1)(c1cc(Cl)ccc1Cl)c1ccc(Cl)c(Cl)c1O. The van der Waals surface area contributed by atoms with Crippen LogP contribution in [0.2, 0.25) is 20.1 Å². The summed E-state index contributed by atoms with van der Waals surface area (Å²) in [5, 5.41) is 20.4. The molecule has 1 unspecified atom stereocenters. The Hall–Kier alpha value is -1.67. The number of hydrogen-bond donors (Lipinski definition) is 3. The molecule has 0 aliphatic rings. The molecule has 0 amide bonds. The molecule has 152 valence electrons. The molecule has 3 N–H and O–H groups in total. The lowest BCUT2D eigenvalue weighted by Crippen LogP contribution is -2.38. The molecule has 0 saturated carbocycles. The summed E-state index contributed by atoms with van der Waals surface area (Å²) >= 11 is 24.4. The Morgan fingerprint density at radius 2 is 1.45 bits per heavy atom. The predicted octanol–water partition coefficient (Wildman–Crippen LogP) is 5.89. The maximum Gasteiger partial charge on any atom is 0.283 e. The van der Waals surface area contributed by atoms with Crippen molar-refractivity contribution in [3.63, 3.8) is 0 Å². The largest absolute Gasteiger partial charge is 0.508 e. The van der Waals surface area contributed by atoms with Gasteiger partial charge >= 0.3 is 0 Å². The van der Waals surface area contributed by atoms with E-state index in [9.17, 15) is 23.2 Å². The number of phenols is 2. The van der Waals surface area contributed by atoms with Crippen LogP contribution in [-0.2, 0) is 14.9 Å². The van der Waals surface area contributed by atoms with E-state index in [1.54, 1.807) is 0 Å². The van der Waals surface area contributed by atoms with Crippen LogP contribution in [0.25, 0.3) is 0 Å². The molecule has 0 radical (unpaired) electrons. The van der Waals surface area contributed by atoms with Gasteiger partial charge in [-0.05, 0) is 42.0 Å². The summed E-state index contributed by atoms with van der Waals surface area (Å²) in [7, 11) is -5.11. The minimum absolute atomic E-state index is 0.0368. The van der Waals surface area contributed by atoms with Gasteiger partial charge in [-0.15, -0.1) is 0 Å². The molecule has 0 bridgehead atoms. The Kier molecular flexibility index (Phi) is 5.98. The van der Waals surface area contributed by atoms with Crippen molar-refractivity contribution < 1.29 is 23.2 Å². The molecule has 29 heavy (non-hydrogen) atoms. The van der Waals surface area contributed by atoms with E-state index in [1.807, 2.05) is 0 Å². The van der Waals surface area contributed by atoms with Crippen molar-refractivity contribution in [1.82, 2.24) is 0 Å². The highest BCUT2D eigenvalue weighted by Crippen LogP contribution is 2.52. The van der Waals surface area contributed by atoms with Crippen molar-refractivity contribution in [2.45, 2.75) is 4.75 Å². The lowest BCUT2D eigenvalue weighted by Gasteiger charge is -2.34. The normalized spacial score (nSPS) is 13.8. The average Bonchev–Trinajstić information content (AvgIpc) is 2.64. The summed E-state index contributed by atoms with van der Waals surface area (Å²) in [5.41, 5.74) is -0.601. The molecule has 3 aromatic rings. The number of rotatable bonds is 4. The number of halogens is 4. The van der Waals surface area contributed by atoms with Gasteiger partial charge < -0.3 is 10.2 Å². The summed E-state index contributed by atoms with van der Waals surface area (Å²) in [6, 6.07) is 11.6. The number of phenolic OH excluding ortho intramolecular Hbond substituents is 2. The molecule has 0 aliphatic carbocycles. The summed E-state index contributed by atoms with van der Waals surface area (Å²) in [5.74, 6) is -0.968. The van der Waals surface area contributed by atoms with E-state index >= 15 is 0 Å². The quantitative estimate of drug-likeness (QED) is 0.311. The van der Waals surface area contributed by atoms with Crippen molar-refractivity contribution in [2.24, 2.45) is 0 Å². The van der Waals surface area contributed by atoms with Crippen molar-refractivity contribution in [2.75, 3.05) is 0 Å². The highest BCUT2D eigenvalue weighted by Gasteiger charge is 2.51. The van der Waals surface area contributed by atoms with Gasteiger partial charge in [0.1, 0.15) is 16.5 Å². The van der Waals surface area contributed by atoms with E-state index in [0.29, 0.717) is 0 Å². The minimum Gasteiger partial charge on any atom is -0.508 e. The van der Waals surface area contributed by atoms with Crippen molar-refractivity contribution in [1.29, 1.82) is 0 Å². The Balaban J connectivity index is 2.63. The number of benzene rings is 3. The second kappa shape index (κ2) is 7.87. The summed E-state index contributed by atoms with van der Waals surface area (Å²) in [6.45, 7) is 0. The van der Waals surface area contributed by atoms with Gasteiger partial charge in [-0.2, -0.15) is 8.42 Å². The topological polar surface area (TPSA) is 94.8 Å². The standard InChI is InChI=1S/C19H12Cl4O5S/c20-11-4-6-15(21)14(9-11)19(29(26,27)28,10-2-1-3-12(24)8-10)13-5-7-16(22)17(23)18(13)25/h1-9,24-25H,(H,26,27,28). The second-order valence-corrected chi connectivity index (χ2v) is 9.28. The molecule has 0 saturated heterocycles. The maximum absolute atomic E-state index is 13.0. The molecular formula is C19H12Cl4O5S. The Bertz CT molecular complexity index is 1210. The molecule has 0 spiro atoms. The van der Waals surface area contributed by atoms with Gasteiger partial charge in [0.2, 0.25) is 0 Å². The van der Waals surface area contributed by atoms with E-state index in [2.05, 4.69) is 0 Å². The Morgan fingerprint density at radius 1 is 0.793 bits per heavy atom. The van der Waals surface area contributed by atoms with Crippen molar-refractivity contribution in [3.05, 3.63) is 91.4 Å². The molecule has 10 heteroatoms. The fourth-order valence-corrected chi connectivity index (χ4v) is 5.32. The third-order valence-electron chi connectivity index (χ3n) is 4.40. The predicted molar refractivity (Wildman–Crippen MR) is 114 cm³/mol. The molecule has 5 nitrogen and oxygen atoms in total. The molecule has 3 aromatic carbocycles. The summed E-state index contributed by atoms with van der Waals surface area (Å²) in [4.78, 5) is 0. The van der Waals surface area contributed by atoms with E-state index in [1.165, 1.54) is 48.5 Å². The zero-order valence-corrected chi connectivity index (χ0v) is 18.1. The maximum atomic E-state index is 13.0. The first-order chi connectivity index (χ1) is 13.5. The van der Waals surface area contributed by atoms with Crippen LogP contribution in [0.5, 0.6) is 11.5 Å². The van der Waals surface area contributed by atoms with Crippen LogP contribution in [0.3, 0.4) is 0 Å². The molecule has 0 heterocycles. The van der Waals surface area contributed by atoms with E-state index in [0.717, 1.165) is 6.07 Å². The van der Waals surface area contributed by atoms with Crippen LogP contribution >= 0.6 is 46.4 Å². The van der Waals surface area contributed by atoms with Crippen LogP contribution in [0, 0.1) is 0 Å². The lowest BCUT2D eigenvalue weighted by molar-refractivity contribution is 0.439. The van der Waals surface area contributed by atoms with Crippen molar-refractivity contribution >= 4 is 56.5 Å². The van der Waals surface area contributed by atoms with Crippen LogP contribution in [0.15, 0.2) is 54.6 Å². The molecule has 3 rings (SSSR count). The third-order valence-corrected chi connectivity index (χ3v) is 7.20. The molecular weight excluding hydrogens is 482 g/mol. The monoisotopic (exact) mass is 492 g/mol. The number of aromatic hydroxyl groups is 2. The first kappa shape index (κ1) is 22.0. The fraction of sp³-hybridized carbons (Fsp3) is 0.0526. The van der Waals surface area contributed by atoms with Gasteiger partial charge in [0.15, 0.2) is 4.75 Å². The summed E-state index contributed by atoms with van der Waals surface area (Å²) < 4.78 is 33.9. The first-order valence-electron chi connectivity index (χ1n) is 7.89. The lowest BCUT2D eigenvalue weighted by atomic mass is 9.83. The van der Waals surface area contributed by atoms with Gasteiger partial charge in [0.25, 0.3) is 10.1 Å². The number of hydrogen-bond acceptors (Lipinski definition) is 4. The van der Waals surface area contributed by atoms with E-state index in [-0.39, 0.29) is 42.5 Å². The molecule has 1 atom stereocenters. The highest BCUT2D eigenvalue weighted by atomic mass is 35.5. The van der Waals surface area contributed by atoms with Crippen LogP contribution in [0.1, 0.15) is 16.7 Å². The molecule has 0 fully saturated rings. The average molecular weight is 494 g/mol. The van der Waals surface area contributed by atoms with Gasteiger partial charge in [-0.1, -0.05) is 64.6 Å². The van der Waals surface area contributed by atoms with Crippen LogP contribution in [0.4, 0.5) is 0 Å². The van der Waals surface area contributed by atoms with Crippen molar-refractivity contribution in [3.8, 4) is 11.5 Å². The Morgan fingerprint density at radius 3 is 2.07 bits per heavy atom. The minimum atomic E-state index is -5.11. The van der Waals surface area contributed by atoms with Crippen LogP contribution < -0.4 is 0 Å². The third kappa shape index (κ3) is 3.65. The summed E-state index contributed by atoms with van der Waals surface area (Å²) in [6.07, 6.45) is 0. The zero-order chi connectivity index (χ0) is 21.6. The van der Waals surface area contributed by atoms with Gasteiger partial charge in [0, 0.05) is 21.2 Å². The first-order valence-corrected chi connectivity index (χ1v) is 10.8. The fourth-order valence-electron chi connectivity index (χ4n) is 3.20. The second-order valence-electron chi connectivity index (χ2n) is 6.09. The van der Waals surface area contributed by atoms with Crippen LogP contribution in [-0.4, -0.2) is 23.2 Å². The highest BCUT2D eigenvalue weighted by molar-refractivity contribution is 7.87. The Labute approximate surface area is 186 Å². The van der Waals surface area contributed by atoms with E-state index < -0.39 is 20.6 Å². The van der Waals surface area contributed by atoms with Gasteiger partial charge in [0.05, 0.1) is 5.02 Å². The van der Waals surface area contributed by atoms with Gasteiger partial charge in [-0.25, -0.2) is 0 Å². The van der Waals surface area contributed by atoms with Gasteiger partial charge in [-0.3, -0.25) is 4.55 Å². The molecule has 0 aliphatic heterocycles. The zero-order valence-electron chi connectivity index (χ0n) is 14.3.